The summed E-state index contributed by atoms with van der Waals surface area (Å²) in [4.78, 5) is 50.3. The number of aromatic carboxylic acids is 1. The Hall–Kier alpha value is -4.99. The highest BCUT2D eigenvalue weighted by molar-refractivity contribution is 6.51. The molecule has 1 amide bonds. The maximum atomic E-state index is 13.3. The van der Waals surface area contributed by atoms with E-state index in [1.807, 2.05) is 0 Å². The predicted octanol–water partition coefficient (Wildman–Crippen LogP) is 3.29. The molecule has 3 heterocycles. The standard InChI is InChI=1S/C25H18N4O6/c1-35-16-5-2-13(3-6-16)20-19(21(30)14-8-10-26-11-9-14)22(31)23(32)29(20)25-27-17-7-4-15(24(33)34)12-18(17)28-25/h2-12,20,30H,1H3,(H,27,28)(H,33,34)/b21-19+. The van der Waals surface area contributed by atoms with E-state index in [0.717, 1.165) is 4.90 Å². The van der Waals surface area contributed by atoms with Crippen LogP contribution in [0.2, 0.25) is 0 Å². The lowest BCUT2D eigenvalue weighted by atomic mass is 9.95. The number of aromatic amines is 1. The zero-order chi connectivity index (χ0) is 24.7. The molecule has 0 bridgehead atoms. The summed E-state index contributed by atoms with van der Waals surface area (Å²) in [5.74, 6) is -2.62. The number of nitrogens with one attached hydrogen (secondary N) is 1. The molecule has 1 saturated heterocycles. The SMILES string of the molecule is COc1ccc(C2/C(=C(\O)c3ccncc3)C(=O)C(=O)N2c2nc3ccc(C(=O)O)cc3[nH]2)cc1. The van der Waals surface area contributed by atoms with Crippen LogP contribution in [0.5, 0.6) is 5.75 Å². The monoisotopic (exact) mass is 470 g/mol. The highest BCUT2D eigenvalue weighted by atomic mass is 16.5. The van der Waals surface area contributed by atoms with Crippen molar-refractivity contribution in [2.24, 2.45) is 0 Å². The number of fused-ring (bicyclic) bond motifs is 1. The van der Waals surface area contributed by atoms with Crippen LogP contribution in [0.1, 0.15) is 27.5 Å². The fourth-order valence-corrected chi connectivity index (χ4v) is 4.06. The van der Waals surface area contributed by atoms with Gasteiger partial charge in [-0.15, -0.1) is 0 Å². The molecule has 10 heteroatoms. The first-order chi connectivity index (χ1) is 16.9. The Morgan fingerprint density at radius 3 is 2.37 bits per heavy atom. The van der Waals surface area contributed by atoms with Crippen LogP contribution in [-0.4, -0.2) is 49.9 Å². The number of hydrogen-bond donors (Lipinski definition) is 3. The van der Waals surface area contributed by atoms with Gasteiger partial charge >= 0.3 is 11.9 Å². The molecule has 1 aliphatic rings. The second kappa shape index (κ2) is 8.41. The van der Waals surface area contributed by atoms with E-state index < -0.39 is 23.7 Å². The van der Waals surface area contributed by atoms with Gasteiger partial charge in [0, 0.05) is 18.0 Å². The summed E-state index contributed by atoms with van der Waals surface area (Å²) < 4.78 is 5.22. The third kappa shape index (κ3) is 3.66. The van der Waals surface area contributed by atoms with Crippen molar-refractivity contribution < 1.29 is 29.3 Å². The number of aliphatic hydroxyl groups excluding tert-OH is 1. The minimum Gasteiger partial charge on any atom is -0.507 e. The van der Waals surface area contributed by atoms with Gasteiger partial charge in [0.1, 0.15) is 11.5 Å². The number of aromatic nitrogens is 3. The number of ketones is 1. The molecule has 10 nitrogen and oxygen atoms in total. The Morgan fingerprint density at radius 1 is 1.00 bits per heavy atom. The number of aliphatic hydroxyl groups is 1. The Bertz CT molecular complexity index is 1510. The number of pyridine rings is 1. The summed E-state index contributed by atoms with van der Waals surface area (Å²) >= 11 is 0. The number of nitrogens with zero attached hydrogens (tertiary/aromatic N) is 3. The molecule has 1 atom stereocenters. The maximum Gasteiger partial charge on any atom is 0.335 e. The normalized spacial score (nSPS) is 17.2. The van der Waals surface area contributed by atoms with Crippen LogP contribution in [0.15, 0.2) is 72.6 Å². The first kappa shape index (κ1) is 21.8. The van der Waals surface area contributed by atoms with E-state index in [-0.39, 0.29) is 22.8 Å². The average Bonchev–Trinajstić information content (AvgIpc) is 3.41. The highest BCUT2D eigenvalue weighted by Gasteiger charge is 2.48. The number of anilines is 1. The van der Waals surface area contributed by atoms with Crippen LogP contribution in [0, 0.1) is 0 Å². The molecule has 2 aromatic heterocycles. The van der Waals surface area contributed by atoms with Gasteiger partial charge in [0.15, 0.2) is 0 Å². The second-order valence-electron chi connectivity index (χ2n) is 7.78. The number of rotatable bonds is 5. The van der Waals surface area contributed by atoms with Crippen LogP contribution in [0.3, 0.4) is 0 Å². The number of hydrogen-bond acceptors (Lipinski definition) is 7. The summed E-state index contributed by atoms with van der Waals surface area (Å²) in [6.07, 6.45) is 2.93. The minimum atomic E-state index is -1.11. The number of methoxy groups -OCH3 is 1. The fraction of sp³-hybridized carbons (Fsp3) is 0.0800. The first-order valence-corrected chi connectivity index (χ1v) is 10.5. The van der Waals surface area contributed by atoms with Crippen molar-refractivity contribution in [3.63, 3.8) is 0 Å². The molecule has 4 aromatic rings. The summed E-state index contributed by atoms with van der Waals surface area (Å²) in [6, 6.07) is 13.1. The fourth-order valence-electron chi connectivity index (χ4n) is 4.06. The number of carbonyl (C=O) groups is 3. The molecule has 174 valence electrons. The van der Waals surface area contributed by atoms with Crippen molar-refractivity contribution in [3.05, 3.63) is 89.3 Å². The summed E-state index contributed by atoms with van der Waals surface area (Å²) in [7, 11) is 1.52. The van der Waals surface area contributed by atoms with E-state index in [1.165, 1.54) is 49.8 Å². The van der Waals surface area contributed by atoms with E-state index in [0.29, 0.717) is 27.9 Å². The Balaban J connectivity index is 1.71. The number of ether oxygens (including phenoxy) is 1. The summed E-state index contributed by atoms with van der Waals surface area (Å²) in [5, 5.41) is 20.4. The van der Waals surface area contributed by atoms with Crippen molar-refractivity contribution in [2.45, 2.75) is 6.04 Å². The van der Waals surface area contributed by atoms with Crippen molar-refractivity contribution >= 4 is 40.4 Å². The summed E-state index contributed by atoms with van der Waals surface area (Å²) in [6.45, 7) is 0. The van der Waals surface area contributed by atoms with E-state index >= 15 is 0 Å². The Kier molecular flexibility index (Phi) is 5.25. The number of carboxylic acid groups (broad SMARTS) is 1. The maximum absolute atomic E-state index is 13.3. The minimum absolute atomic E-state index is 0.0409. The van der Waals surface area contributed by atoms with Crippen LogP contribution in [-0.2, 0) is 9.59 Å². The molecule has 2 aromatic carbocycles. The van der Waals surface area contributed by atoms with Crippen LogP contribution >= 0.6 is 0 Å². The Labute approximate surface area is 198 Å². The first-order valence-electron chi connectivity index (χ1n) is 10.5. The van der Waals surface area contributed by atoms with E-state index in [1.54, 1.807) is 24.3 Å². The Morgan fingerprint density at radius 2 is 1.71 bits per heavy atom. The summed E-state index contributed by atoms with van der Waals surface area (Å²) in [5.41, 5.74) is 1.58. The van der Waals surface area contributed by atoms with Gasteiger partial charge in [-0.2, -0.15) is 0 Å². The predicted molar refractivity (Wildman–Crippen MR) is 125 cm³/mol. The zero-order valence-corrected chi connectivity index (χ0v) is 18.3. The van der Waals surface area contributed by atoms with Crippen LogP contribution in [0.4, 0.5) is 5.95 Å². The number of Topliss-reactive ketones (excluding diaryl/α,β-unsaturated/α-hetero) is 1. The quantitative estimate of drug-likeness (QED) is 0.229. The molecule has 3 N–H and O–H groups in total. The van der Waals surface area contributed by atoms with Gasteiger partial charge < -0.3 is 19.9 Å². The van der Waals surface area contributed by atoms with E-state index in [4.69, 9.17) is 4.74 Å². The van der Waals surface area contributed by atoms with Gasteiger partial charge in [-0.3, -0.25) is 19.5 Å². The van der Waals surface area contributed by atoms with Crippen LogP contribution < -0.4 is 9.64 Å². The topological polar surface area (TPSA) is 146 Å². The molecule has 0 aliphatic carbocycles. The van der Waals surface area contributed by atoms with Crippen LogP contribution in [0.25, 0.3) is 16.8 Å². The average molecular weight is 470 g/mol. The van der Waals surface area contributed by atoms with Crippen molar-refractivity contribution in [3.8, 4) is 5.75 Å². The highest BCUT2D eigenvalue weighted by Crippen LogP contribution is 2.42. The largest absolute Gasteiger partial charge is 0.507 e. The van der Waals surface area contributed by atoms with Crippen molar-refractivity contribution in [1.29, 1.82) is 0 Å². The number of carbonyl (C=O) groups excluding carboxylic acids is 2. The lowest BCUT2D eigenvalue weighted by molar-refractivity contribution is -0.132. The lowest BCUT2D eigenvalue weighted by Gasteiger charge is -2.23. The molecule has 0 radical (unpaired) electrons. The number of benzene rings is 2. The van der Waals surface area contributed by atoms with Gasteiger partial charge in [-0.05, 0) is 48.0 Å². The van der Waals surface area contributed by atoms with Gasteiger partial charge in [0.25, 0.3) is 5.78 Å². The van der Waals surface area contributed by atoms with E-state index in [2.05, 4.69) is 15.0 Å². The molecule has 0 spiro atoms. The molecule has 1 unspecified atom stereocenters. The van der Waals surface area contributed by atoms with E-state index in [9.17, 15) is 24.6 Å². The zero-order valence-electron chi connectivity index (χ0n) is 18.3. The van der Waals surface area contributed by atoms with Crippen molar-refractivity contribution in [1.82, 2.24) is 15.0 Å². The smallest absolute Gasteiger partial charge is 0.335 e. The number of H-pyrrole nitrogens is 1. The number of amides is 1. The molecule has 5 rings (SSSR count). The molecule has 1 aliphatic heterocycles. The molecular weight excluding hydrogens is 452 g/mol. The van der Waals surface area contributed by atoms with Gasteiger partial charge in [0.05, 0.1) is 35.3 Å². The second-order valence-corrected chi connectivity index (χ2v) is 7.78. The van der Waals surface area contributed by atoms with Gasteiger partial charge in [0.2, 0.25) is 5.95 Å². The molecule has 0 saturated carbocycles. The lowest BCUT2D eigenvalue weighted by Crippen LogP contribution is -2.30. The molecular formula is C25H18N4O6. The molecule has 35 heavy (non-hydrogen) atoms. The van der Waals surface area contributed by atoms with Gasteiger partial charge in [-0.1, -0.05) is 12.1 Å². The number of carboxylic acids is 1. The molecule has 1 fully saturated rings. The third-order valence-electron chi connectivity index (χ3n) is 5.77. The van der Waals surface area contributed by atoms with Crippen molar-refractivity contribution in [2.75, 3.05) is 12.0 Å². The van der Waals surface area contributed by atoms with Gasteiger partial charge in [-0.25, -0.2) is 9.78 Å². The third-order valence-corrected chi connectivity index (χ3v) is 5.77. The number of imidazole rings is 1.